The predicted octanol–water partition coefficient (Wildman–Crippen LogP) is 1.54. The van der Waals surface area contributed by atoms with E-state index < -0.39 is 0 Å². The first-order valence-corrected chi connectivity index (χ1v) is 8.41. The number of carbonyl (C=O) groups excluding carboxylic acids is 2. The molecule has 0 aromatic rings. The quantitative estimate of drug-likeness (QED) is 0.804. The minimum Gasteiger partial charge on any atom is -0.396 e. The van der Waals surface area contributed by atoms with Gasteiger partial charge in [0, 0.05) is 31.8 Å². The zero-order valence-electron chi connectivity index (χ0n) is 13.1. The summed E-state index contributed by atoms with van der Waals surface area (Å²) in [6.45, 7) is 3.52. The van der Waals surface area contributed by atoms with Crippen molar-refractivity contribution in [2.45, 2.75) is 70.4 Å². The van der Waals surface area contributed by atoms with Crippen molar-refractivity contribution in [3.8, 4) is 0 Å². The molecule has 2 amide bonds. The summed E-state index contributed by atoms with van der Waals surface area (Å²) in [6, 6.07) is 0.251. The van der Waals surface area contributed by atoms with Crippen LogP contribution in [-0.4, -0.2) is 58.5 Å². The lowest BCUT2D eigenvalue weighted by atomic mass is 9.98. The third-order valence-corrected chi connectivity index (χ3v) is 4.89. The van der Waals surface area contributed by atoms with Gasteiger partial charge in [0.25, 0.3) is 0 Å². The van der Waals surface area contributed by atoms with Crippen molar-refractivity contribution in [2.24, 2.45) is 0 Å². The molecule has 0 spiro atoms. The summed E-state index contributed by atoms with van der Waals surface area (Å²) in [6.07, 6.45) is 7.58. The summed E-state index contributed by atoms with van der Waals surface area (Å²) in [5.41, 5.74) is 0. The van der Waals surface area contributed by atoms with E-state index in [9.17, 15) is 9.59 Å². The fourth-order valence-electron chi connectivity index (χ4n) is 3.66. The second-order valence-electron chi connectivity index (χ2n) is 6.22. The monoisotopic (exact) mass is 296 g/mol. The van der Waals surface area contributed by atoms with E-state index in [1.165, 1.54) is 0 Å². The van der Waals surface area contributed by atoms with Gasteiger partial charge >= 0.3 is 11.8 Å². The maximum absolute atomic E-state index is 12.6. The van der Waals surface area contributed by atoms with Crippen LogP contribution in [0.4, 0.5) is 0 Å². The van der Waals surface area contributed by atoms with Crippen LogP contribution >= 0.6 is 0 Å². The van der Waals surface area contributed by atoms with Gasteiger partial charge < -0.3 is 14.9 Å². The van der Waals surface area contributed by atoms with E-state index in [0.717, 1.165) is 44.9 Å². The highest BCUT2D eigenvalue weighted by molar-refractivity contribution is 6.35. The van der Waals surface area contributed by atoms with Gasteiger partial charge in [0.1, 0.15) is 0 Å². The third kappa shape index (κ3) is 3.76. The largest absolute Gasteiger partial charge is 0.396 e. The molecular formula is C16H28N2O3. The SMILES string of the molecule is CCC1CCCCN1C(=O)C(=O)N1CCCCC1CCO. The molecule has 0 saturated carbocycles. The zero-order valence-corrected chi connectivity index (χ0v) is 13.1. The highest BCUT2D eigenvalue weighted by atomic mass is 16.3. The molecule has 0 bridgehead atoms. The average Bonchev–Trinajstić information content (AvgIpc) is 2.54. The van der Waals surface area contributed by atoms with Gasteiger partial charge in [-0.05, 0) is 51.4 Å². The molecule has 120 valence electrons. The number of hydrogen-bond donors (Lipinski definition) is 1. The van der Waals surface area contributed by atoms with E-state index in [-0.39, 0.29) is 30.5 Å². The Kier molecular flexibility index (Phi) is 6.03. The van der Waals surface area contributed by atoms with E-state index >= 15 is 0 Å². The first-order valence-electron chi connectivity index (χ1n) is 8.41. The number of carbonyl (C=O) groups is 2. The van der Waals surface area contributed by atoms with Gasteiger partial charge in [-0.2, -0.15) is 0 Å². The Hall–Kier alpha value is -1.10. The Labute approximate surface area is 127 Å². The van der Waals surface area contributed by atoms with E-state index in [2.05, 4.69) is 6.92 Å². The van der Waals surface area contributed by atoms with Crippen molar-refractivity contribution in [3.05, 3.63) is 0 Å². The molecular weight excluding hydrogens is 268 g/mol. The lowest BCUT2D eigenvalue weighted by Gasteiger charge is -2.39. The van der Waals surface area contributed by atoms with Crippen molar-refractivity contribution in [1.82, 2.24) is 9.80 Å². The van der Waals surface area contributed by atoms with Gasteiger partial charge in [-0.3, -0.25) is 9.59 Å². The Morgan fingerprint density at radius 3 is 2.00 bits per heavy atom. The van der Waals surface area contributed by atoms with Crippen molar-refractivity contribution in [3.63, 3.8) is 0 Å². The van der Waals surface area contributed by atoms with Crippen LogP contribution in [0, 0.1) is 0 Å². The lowest BCUT2D eigenvalue weighted by Crippen LogP contribution is -2.54. The fraction of sp³-hybridized carbons (Fsp3) is 0.875. The van der Waals surface area contributed by atoms with Gasteiger partial charge in [-0.25, -0.2) is 0 Å². The van der Waals surface area contributed by atoms with Crippen LogP contribution in [-0.2, 0) is 9.59 Å². The van der Waals surface area contributed by atoms with E-state index in [1.807, 2.05) is 0 Å². The predicted molar refractivity (Wildman–Crippen MR) is 80.7 cm³/mol. The van der Waals surface area contributed by atoms with E-state index in [4.69, 9.17) is 5.11 Å². The molecule has 2 rings (SSSR count). The third-order valence-electron chi connectivity index (χ3n) is 4.89. The first kappa shape index (κ1) is 16.3. The number of likely N-dealkylation sites (tertiary alicyclic amines) is 2. The molecule has 2 aliphatic heterocycles. The molecule has 2 atom stereocenters. The van der Waals surface area contributed by atoms with E-state index in [0.29, 0.717) is 19.5 Å². The Morgan fingerprint density at radius 2 is 1.48 bits per heavy atom. The number of rotatable bonds is 3. The van der Waals surface area contributed by atoms with Crippen molar-refractivity contribution in [1.29, 1.82) is 0 Å². The highest BCUT2D eigenvalue weighted by Gasteiger charge is 2.35. The molecule has 2 unspecified atom stereocenters. The van der Waals surface area contributed by atoms with Crippen molar-refractivity contribution < 1.29 is 14.7 Å². The maximum atomic E-state index is 12.6. The van der Waals surface area contributed by atoms with Crippen LogP contribution in [0.3, 0.4) is 0 Å². The molecule has 2 heterocycles. The second-order valence-corrected chi connectivity index (χ2v) is 6.22. The lowest BCUT2D eigenvalue weighted by molar-refractivity contribution is -0.156. The minimum absolute atomic E-state index is 0.0325. The topological polar surface area (TPSA) is 60.9 Å². The Bertz CT molecular complexity index is 371. The molecule has 0 radical (unpaired) electrons. The molecule has 2 fully saturated rings. The molecule has 1 N–H and O–H groups in total. The van der Waals surface area contributed by atoms with Gasteiger partial charge in [-0.1, -0.05) is 6.92 Å². The molecule has 5 nitrogen and oxygen atoms in total. The van der Waals surface area contributed by atoms with Crippen LogP contribution in [0.2, 0.25) is 0 Å². The van der Waals surface area contributed by atoms with Crippen LogP contribution in [0.1, 0.15) is 58.3 Å². The number of aliphatic hydroxyl groups is 1. The summed E-state index contributed by atoms with van der Waals surface area (Å²) in [7, 11) is 0. The first-order chi connectivity index (χ1) is 10.2. The van der Waals surface area contributed by atoms with E-state index in [1.54, 1.807) is 9.80 Å². The Balaban J connectivity index is 2.04. The van der Waals surface area contributed by atoms with Crippen LogP contribution in [0.25, 0.3) is 0 Å². The van der Waals surface area contributed by atoms with Crippen LogP contribution in [0.15, 0.2) is 0 Å². The summed E-state index contributed by atoms with van der Waals surface area (Å²) in [5, 5.41) is 9.15. The molecule has 21 heavy (non-hydrogen) atoms. The number of aliphatic hydroxyl groups excluding tert-OH is 1. The highest BCUT2D eigenvalue weighted by Crippen LogP contribution is 2.23. The molecule has 2 aliphatic rings. The normalized spacial score (nSPS) is 26.8. The van der Waals surface area contributed by atoms with Gasteiger partial charge in [0.2, 0.25) is 0 Å². The average molecular weight is 296 g/mol. The molecule has 2 saturated heterocycles. The summed E-state index contributed by atoms with van der Waals surface area (Å²) >= 11 is 0. The van der Waals surface area contributed by atoms with Gasteiger partial charge in [-0.15, -0.1) is 0 Å². The number of hydrogen-bond acceptors (Lipinski definition) is 3. The van der Waals surface area contributed by atoms with Gasteiger partial charge in [0.05, 0.1) is 0 Å². The standard InChI is InChI=1S/C16H28N2O3/c1-2-13-7-3-5-10-17(13)15(20)16(21)18-11-6-4-8-14(18)9-12-19/h13-14,19H,2-12H2,1H3. The molecule has 0 aromatic carbocycles. The summed E-state index contributed by atoms with van der Waals surface area (Å²) in [4.78, 5) is 28.7. The molecule has 0 aliphatic carbocycles. The smallest absolute Gasteiger partial charge is 0.312 e. The number of amides is 2. The van der Waals surface area contributed by atoms with Crippen molar-refractivity contribution >= 4 is 11.8 Å². The summed E-state index contributed by atoms with van der Waals surface area (Å²) < 4.78 is 0. The maximum Gasteiger partial charge on any atom is 0.312 e. The molecule has 5 heteroatoms. The van der Waals surface area contributed by atoms with Gasteiger partial charge in [0.15, 0.2) is 0 Å². The zero-order chi connectivity index (χ0) is 15.2. The number of piperidine rings is 2. The van der Waals surface area contributed by atoms with Crippen molar-refractivity contribution in [2.75, 3.05) is 19.7 Å². The second kappa shape index (κ2) is 7.78. The minimum atomic E-state index is -0.353. The number of nitrogens with zero attached hydrogens (tertiary/aromatic N) is 2. The van der Waals surface area contributed by atoms with Crippen LogP contribution < -0.4 is 0 Å². The molecule has 0 aromatic heterocycles. The summed E-state index contributed by atoms with van der Waals surface area (Å²) in [5.74, 6) is -0.681. The fourth-order valence-corrected chi connectivity index (χ4v) is 3.66. The Morgan fingerprint density at radius 1 is 0.952 bits per heavy atom. The van der Waals surface area contributed by atoms with Crippen LogP contribution in [0.5, 0.6) is 0 Å².